The minimum atomic E-state index is -0.544. The Balaban J connectivity index is 1.96. The van der Waals surface area contributed by atoms with Crippen molar-refractivity contribution in [2.45, 2.75) is 20.8 Å². The second kappa shape index (κ2) is 5.51. The van der Waals surface area contributed by atoms with Crippen LogP contribution in [0.25, 0.3) is 0 Å². The van der Waals surface area contributed by atoms with Gasteiger partial charge in [0.2, 0.25) is 18.6 Å². The van der Waals surface area contributed by atoms with Gasteiger partial charge >= 0.3 is 0 Å². The Morgan fingerprint density at radius 1 is 1.24 bits per heavy atom. The van der Waals surface area contributed by atoms with Crippen LogP contribution in [0.5, 0.6) is 11.5 Å². The van der Waals surface area contributed by atoms with Crippen LogP contribution in [0.3, 0.4) is 0 Å². The fraction of sp³-hybridized carbons (Fsp3) is 0.429. The lowest BCUT2D eigenvalue weighted by atomic mass is 9.96. The zero-order valence-electron chi connectivity index (χ0n) is 12.3. The Hall–Kier alpha value is -2.44. The van der Waals surface area contributed by atoms with Gasteiger partial charge in [0.05, 0.1) is 17.9 Å². The van der Waals surface area contributed by atoms with E-state index in [0.29, 0.717) is 22.9 Å². The number of hydrogen-bond donors (Lipinski definition) is 3. The minimum Gasteiger partial charge on any atom is -0.454 e. The smallest absolute Gasteiger partial charge is 0.243 e. The first-order valence-corrected chi connectivity index (χ1v) is 6.54. The Bertz CT molecular complexity index is 578. The number of ether oxygens (including phenoxy) is 2. The van der Waals surface area contributed by atoms with Gasteiger partial charge in [0, 0.05) is 17.5 Å². The van der Waals surface area contributed by atoms with Crippen LogP contribution in [-0.2, 0) is 9.59 Å². The molecule has 2 rings (SSSR count). The van der Waals surface area contributed by atoms with Gasteiger partial charge < -0.3 is 25.8 Å². The highest BCUT2D eigenvalue weighted by atomic mass is 16.7. The highest BCUT2D eigenvalue weighted by Gasteiger charge is 2.22. The van der Waals surface area contributed by atoms with Gasteiger partial charge in [-0.25, -0.2) is 0 Å². The summed E-state index contributed by atoms with van der Waals surface area (Å²) in [4.78, 5) is 23.5. The Labute approximate surface area is 122 Å². The topological polar surface area (TPSA) is 103 Å². The van der Waals surface area contributed by atoms with Crippen molar-refractivity contribution < 1.29 is 19.1 Å². The highest BCUT2D eigenvalue weighted by molar-refractivity contribution is 5.97. The molecule has 0 spiro atoms. The quantitative estimate of drug-likeness (QED) is 0.724. The van der Waals surface area contributed by atoms with Crippen molar-refractivity contribution in [2.75, 3.05) is 24.4 Å². The van der Waals surface area contributed by atoms with Crippen LogP contribution < -0.4 is 25.8 Å². The van der Waals surface area contributed by atoms with Gasteiger partial charge in [-0.3, -0.25) is 9.59 Å². The molecule has 1 heterocycles. The second-order valence-electron chi connectivity index (χ2n) is 5.77. The molecule has 0 unspecified atom stereocenters. The number of carbonyl (C=O) groups excluding carboxylic acids is 2. The summed E-state index contributed by atoms with van der Waals surface area (Å²) in [7, 11) is 0. The predicted molar refractivity (Wildman–Crippen MR) is 78.1 cm³/mol. The zero-order valence-corrected chi connectivity index (χ0v) is 12.3. The summed E-state index contributed by atoms with van der Waals surface area (Å²) in [6.45, 7) is 5.33. The number of carbonyl (C=O) groups is 2. The fourth-order valence-corrected chi connectivity index (χ4v) is 1.69. The monoisotopic (exact) mass is 293 g/mol. The summed E-state index contributed by atoms with van der Waals surface area (Å²) in [6.07, 6.45) is 0. The van der Waals surface area contributed by atoms with E-state index >= 15 is 0 Å². The molecular formula is C14H19N3O4. The third kappa shape index (κ3) is 3.56. The Kier molecular flexibility index (Phi) is 3.93. The molecule has 0 saturated heterocycles. The molecule has 1 aromatic rings. The number of nitrogen functional groups attached to an aromatic ring is 1. The van der Waals surface area contributed by atoms with Crippen LogP contribution in [0.4, 0.5) is 11.4 Å². The largest absolute Gasteiger partial charge is 0.454 e. The first kappa shape index (κ1) is 15.0. The van der Waals surface area contributed by atoms with Gasteiger partial charge in [-0.1, -0.05) is 20.8 Å². The first-order chi connectivity index (χ1) is 9.77. The summed E-state index contributed by atoms with van der Waals surface area (Å²) in [5, 5.41) is 5.20. The van der Waals surface area contributed by atoms with E-state index in [-0.39, 0.29) is 25.2 Å². The van der Waals surface area contributed by atoms with Crippen molar-refractivity contribution in [2.24, 2.45) is 5.41 Å². The zero-order chi connectivity index (χ0) is 15.6. The maximum atomic E-state index is 11.8. The van der Waals surface area contributed by atoms with Crippen molar-refractivity contribution in [3.8, 4) is 11.5 Å². The van der Waals surface area contributed by atoms with E-state index in [0.717, 1.165) is 0 Å². The molecular weight excluding hydrogens is 274 g/mol. The average molecular weight is 293 g/mol. The van der Waals surface area contributed by atoms with Crippen LogP contribution in [0.1, 0.15) is 20.8 Å². The lowest BCUT2D eigenvalue weighted by Gasteiger charge is -2.17. The summed E-state index contributed by atoms with van der Waals surface area (Å²) < 4.78 is 10.4. The number of fused-ring (bicyclic) bond motifs is 1. The molecule has 114 valence electrons. The van der Waals surface area contributed by atoms with Crippen molar-refractivity contribution in [1.29, 1.82) is 0 Å². The molecule has 1 aliphatic rings. The molecule has 0 aliphatic carbocycles. The normalized spacial score (nSPS) is 12.9. The second-order valence-corrected chi connectivity index (χ2v) is 5.77. The lowest BCUT2D eigenvalue weighted by molar-refractivity contribution is -0.130. The summed E-state index contributed by atoms with van der Waals surface area (Å²) in [5.41, 5.74) is 6.08. The van der Waals surface area contributed by atoms with Crippen molar-refractivity contribution in [3.05, 3.63) is 12.1 Å². The Morgan fingerprint density at radius 3 is 2.48 bits per heavy atom. The van der Waals surface area contributed by atoms with Crippen LogP contribution >= 0.6 is 0 Å². The number of benzene rings is 1. The molecule has 1 aromatic carbocycles. The van der Waals surface area contributed by atoms with E-state index in [2.05, 4.69) is 10.6 Å². The fourth-order valence-electron chi connectivity index (χ4n) is 1.69. The molecule has 1 aliphatic heterocycles. The van der Waals surface area contributed by atoms with E-state index in [1.165, 1.54) is 0 Å². The number of hydrogen-bond acceptors (Lipinski definition) is 5. The molecule has 0 aromatic heterocycles. The summed E-state index contributed by atoms with van der Waals surface area (Å²) >= 11 is 0. The van der Waals surface area contributed by atoms with Crippen LogP contribution in [-0.4, -0.2) is 25.2 Å². The SMILES string of the molecule is CC(C)(C)C(=O)NCC(=O)Nc1cc2c(cc1N)OCO2. The van der Waals surface area contributed by atoms with Gasteiger partial charge in [-0.2, -0.15) is 0 Å². The van der Waals surface area contributed by atoms with Crippen LogP contribution in [0, 0.1) is 5.41 Å². The Morgan fingerprint density at radius 2 is 1.86 bits per heavy atom. The van der Waals surface area contributed by atoms with Gasteiger partial charge in [-0.15, -0.1) is 0 Å². The molecule has 0 radical (unpaired) electrons. The van der Waals surface area contributed by atoms with Crippen LogP contribution in [0.15, 0.2) is 12.1 Å². The molecule has 7 nitrogen and oxygen atoms in total. The lowest BCUT2D eigenvalue weighted by Crippen LogP contribution is -2.39. The number of amides is 2. The molecule has 21 heavy (non-hydrogen) atoms. The van der Waals surface area contributed by atoms with Gasteiger partial charge in [-0.05, 0) is 0 Å². The minimum absolute atomic E-state index is 0.121. The number of anilines is 2. The molecule has 7 heteroatoms. The molecule has 2 amide bonds. The third-order valence-corrected chi connectivity index (χ3v) is 2.91. The van der Waals surface area contributed by atoms with E-state index in [9.17, 15) is 9.59 Å². The number of nitrogens with two attached hydrogens (primary N) is 1. The van der Waals surface area contributed by atoms with Crippen molar-refractivity contribution >= 4 is 23.2 Å². The standard InChI is InChI=1S/C14H19N3O4/c1-14(2,3)13(19)16-6-12(18)17-9-5-11-10(4-8(9)15)20-7-21-11/h4-5H,6-7,15H2,1-3H3,(H,16,19)(H,17,18). The van der Waals surface area contributed by atoms with Crippen molar-refractivity contribution in [1.82, 2.24) is 5.32 Å². The first-order valence-electron chi connectivity index (χ1n) is 6.54. The van der Waals surface area contributed by atoms with E-state index in [1.54, 1.807) is 32.9 Å². The summed E-state index contributed by atoms with van der Waals surface area (Å²) in [6, 6.07) is 3.19. The highest BCUT2D eigenvalue weighted by Crippen LogP contribution is 2.38. The van der Waals surface area contributed by atoms with E-state index in [1.807, 2.05) is 0 Å². The molecule has 0 saturated carbocycles. The van der Waals surface area contributed by atoms with Gasteiger partial charge in [0.15, 0.2) is 11.5 Å². The maximum Gasteiger partial charge on any atom is 0.243 e. The third-order valence-electron chi connectivity index (χ3n) is 2.91. The van der Waals surface area contributed by atoms with E-state index in [4.69, 9.17) is 15.2 Å². The molecule has 0 fully saturated rings. The summed E-state index contributed by atoms with van der Waals surface area (Å²) in [5.74, 6) is 0.513. The molecule has 0 atom stereocenters. The number of rotatable bonds is 3. The number of nitrogens with one attached hydrogen (secondary N) is 2. The van der Waals surface area contributed by atoms with Gasteiger partial charge in [0.1, 0.15) is 0 Å². The van der Waals surface area contributed by atoms with Gasteiger partial charge in [0.25, 0.3) is 0 Å². The average Bonchev–Trinajstić information content (AvgIpc) is 2.82. The molecule has 4 N–H and O–H groups in total. The van der Waals surface area contributed by atoms with E-state index < -0.39 is 5.41 Å². The maximum absolute atomic E-state index is 11.8. The van der Waals surface area contributed by atoms with Crippen molar-refractivity contribution in [3.63, 3.8) is 0 Å². The predicted octanol–water partition coefficient (Wildman–Crippen LogP) is 1.10. The molecule has 0 bridgehead atoms. The van der Waals surface area contributed by atoms with Crippen LogP contribution in [0.2, 0.25) is 0 Å².